The number of nitrogens with two attached hydrogens (primary N) is 1. The maximum absolute atomic E-state index is 12.4. The molecule has 2 unspecified atom stereocenters. The molecule has 0 bridgehead atoms. The van der Waals surface area contributed by atoms with Crippen molar-refractivity contribution < 1.29 is 14.3 Å². The van der Waals surface area contributed by atoms with Crippen molar-refractivity contribution in [3.05, 3.63) is 0 Å². The molecule has 1 saturated heterocycles. The monoisotopic (exact) mass is 325 g/mol. The summed E-state index contributed by atoms with van der Waals surface area (Å²) in [6.45, 7) is 6.74. The fourth-order valence-electron chi connectivity index (χ4n) is 3.28. The number of carbonyl (C=O) groups is 2. The Bertz CT molecular complexity index is 433. The summed E-state index contributed by atoms with van der Waals surface area (Å²) in [5.74, 6) is 0.189. The average Bonchev–Trinajstić information content (AvgIpc) is 2.78. The van der Waals surface area contributed by atoms with Crippen LogP contribution in [0.2, 0.25) is 0 Å². The van der Waals surface area contributed by atoms with E-state index in [9.17, 15) is 9.59 Å². The average molecular weight is 325 g/mol. The van der Waals surface area contributed by atoms with Gasteiger partial charge in [0.15, 0.2) is 0 Å². The van der Waals surface area contributed by atoms with Crippen LogP contribution in [0, 0.1) is 5.92 Å². The van der Waals surface area contributed by atoms with Crippen molar-refractivity contribution in [1.82, 2.24) is 10.2 Å². The predicted octanol–water partition coefficient (Wildman–Crippen LogP) is 2.02. The van der Waals surface area contributed by atoms with Gasteiger partial charge in [-0.3, -0.25) is 4.79 Å². The second kappa shape index (κ2) is 7.51. The normalized spacial score (nSPS) is 29.0. The summed E-state index contributed by atoms with van der Waals surface area (Å²) < 4.78 is 5.38. The first-order valence-corrected chi connectivity index (χ1v) is 8.78. The maximum atomic E-state index is 12.4. The van der Waals surface area contributed by atoms with Gasteiger partial charge in [0.25, 0.3) is 0 Å². The van der Waals surface area contributed by atoms with Gasteiger partial charge in [0.1, 0.15) is 5.60 Å². The zero-order valence-corrected chi connectivity index (χ0v) is 14.6. The fraction of sp³-hybridized carbons (Fsp3) is 0.882. The zero-order valence-electron chi connectivity index (χ0n) is 14.6. The molecule has 0 aromatic rings. The van der Waals surface area contributed by atoms with E-state index < -0.39 is 5.60 Å². The summed E-state index contributed by atoms with van der Waals surface area (Å²) in [6.07, 6.45) is 5.24. The minimum absolute atomic E-state index is 0.0342. The van der Waals surface area contributed by atoms with Crippen LogP contribution in [0.5, 0.6) is 0 Å². The maximum Gasteiger partial charge on any atom is 0.410 e. The van der Waals surface area contributed by atoms with Gasteiger partial charge in [0.05, 0.1) is 0 Å². The minimum atomic E-state index is -0.489. The fourth-order valence-corrected chi connectivity index (χ4v) is 3.28. The second-order valence-electron chi connectivity index (χ2n) is 7.89. The van der Waals surface area contributed by atoms with E-state index in [1.54, 1.807) is 4.90 Å². The Labute approximate surface area is 139 Å². The van der Waals surface area contributed by atoms with Gasteiger partial charge in [-0.25, -0.2) is 4.79 Å². The largest absolute Gasteiger partial charge is 0.444 e. The molecule has 1 aliphatic heterocycles. The Kier molecular flexibility index (Phi) is 5.89. The van der Waals surface area contributed by atoms with Gasteiger partial charge in [0, 0.05) is 31.1 Å². The Morgan fingerprint density at radius 3 is 2.57 bits per heavy atom. The van der Waals surface area contributed by atoms with Crippen LogP contribution >= 0.6 is 0 Å². The van der Waals surface area contributed by atoms with Gasteiger partial charge < -0.3 is 20.7 Å². The number of hydrogen-bond acceptors (Lipinski definition) is 4. The molecule has 0 aromatic heterocycles. The predicted molar refractivity (Wildman–Crippen MR) is 88.9 cm³/mol. The standard InChI is InChI=1S/C17H31N3O3/c1-17(2,3)23-16(22)20-10-9-14(11-20)19-15(21)12-5-4-6-13(18)8-7-12/h12-14H,4-11,18H2,1-3H3,(H,19,21)/t12?,13?,14-/m1/s1. The first kappa shape index (κ1) is 18.0. The number of amides is 2. The summed E-state index contributed by atoms with van der Waals surface area (Å²) in [6, 6.07) is 0.272. The first-order valence-electron chi connectivity index (χ1n) is 8.78. The smallest absolute Gasteiger partial charge is 0.410 e. The number of hydrogen-bond donors (Lipinski definition) is 2. The van der Waals surface area contributed by atoms with Crippen molar-refractivity contribution in [2.75, 3.05) is 13.1 Å². The van der Waals surface area contributed by atoms with Crippen molar-refractivity contribution >= 4 is 12.0 Å². The highest BCUT2D eigenvalue weighted by Gasteiger charge is 2.32. The third kappa shape index (κ3) is 5.68. The van der Waals surface area contributed by atoms with Crippen LogP contribution in [0.3, 0.4) is 0 Å². The van der Waals surface area contributed by atoms with Crippen LogP contribution in [0.25, 0.3) is 0 Å². The van der Waals surface area contributed by atoms with Gasteiger partial charge >= 0.3 is 6.09 Å². The Balaban J connectivity index is 1.78. The Hall–Kier alpha value is -1.30. The Morgan fingerprint density at radius 1 is 1.13 bits per heavy atom. The molecule has 1 saturated carbocycles. The Morgan fingerprint density at radius 2 is 1.87 bits per heavy atom. The highest BCUT2D eigenvalue weighted by Crippen LogP contribution is 2.23. The number of nitrogens with zero attached hydrogens (tertiary/aromatic N) is 1. The number of ether oxygens (including phenoxy) is 1. The van der Waals surface area contributed by atoms with Crippen molar-refractivity contribution in [3.63, 3.8) is 0 Å². The van der Waals surface area contributed by atoms with E-state index >= 15 is 0 Å². The molecule has 2 aliphatic rings. The lowest BCUT2D eigenvalue weighted by Gasteiger charge is -2.24. The molecule has 3 N–H and O–H groups in total. The first-order chi connectivity index (χ1) is 10.7. The summed E-state index contributed by atoms with van der Waals surface area (Å²) in [5.41, 5.74) is 5.48. The van der Waals surface area contributed by atoms with E-state index in [-0.39, 0.29) is 30.0 Å². The van der Waals surface area contributed by atoms with Crippen LogP contribution in [-0.2, 0) is 9.53 Å². The van der Waals surface area contributed by atoms with Gasteiger partial charge in [-0.15, -0.1) is 0 Å². The van der Waals surface area contributed by atoms with Crippen molar-refractivity contribution in [2.24, 2.45) is 11.7 Å². The quantitative estimate of drug-likeness (QED) is 0.761. The van der Waals surface area contributed by atoms with Gasteiger partial charge in [-0.05, 0) is 52.9 Å². The molecule has 1 heterocycles. The topological polar surface area (TPSA) is 84.7 Å². The van der Waals surface area contributed by atoms with Crippen LogP contribution in [0.4, 0.5) is 4.79 Å². The van der Waals surface area contributed by atoms with E-state index in [2.05, 4.69) is 5.32 Å². The zero-order chi connectivity index (χ0) is 17.0. The van der Waals surface area contributed by atoms with E-state index in [1.165, 1.54) is 0 Å². The van der Waals surface area contributed by atoms with Gasteiger partial charge in [-0.1, -0.05) is 6.42 Å². The van der Waals surface area contributed by atoms with Crippen LogP contribution < -0.4 is 11.1 Å². The number of carbonyl (C=O) groups excluding carboxylic acids is 2. The number of nitrogens with one attached hydrogen (secondary N) is 1. The second-order valence-corrected chi connectivity index (χ2v) is 7.89. The van der Waals surface area contributed by atoms with Gasteiger partial charge in [0.2, 0.25) is 5.91 Å². The number of rotatable bonds is 2. The minimum Gasteiger partial charge on any atom is -0.444 e. The molecule has 0 spiro atoms. The molecule has 2 rings (SSSR count). The molecule has 6 heteroatoms. The van der Waals surface area contributed by atoms with Crippen LogP contribution in [0.15, 0.2) is 0 Å². The molecule has 0 radical (unpaired) electrons. The summed E-state index contributed by atoms with van der Waals surface area (Å²) >= 11 is 0. The van der Waals surface area contributed by atoms with Crippen LogP contribution in [0.1, 0.15) is 59.3 Å². The van der Waals surface area contributed by atoms with Crippen LogP contribution in [-0.4, -0.2) is 47.7 Å². The van der Waals surface area contributed by atoms with Crippen molar-refractivity contribution in [3.8, 4) is 0 Å². The molecule has 0 aromatic carbocycles. The molecule has 3 atom stereocenters. The molecular formula is C17H31N3O3. The molecular weight excluding hydrogens is 294 g/mol. The van der Waals surface area contributed by atoms with E-state index in [0.717, 1.165) is 38.5 Å². The summed E-state index contributed by atoms with van der Waals surface area (Å²) in [4.78, 5) is 26.2. The summed E-state index contributed by atoms with van der Waals surface area (Å²) in [5, 5.41) is 3.11. The summed E-state index contributed by atoms with van der Waals surface area (Å²) in [7, 11) is 0. The highest BCUT2D eigenvalue weighted by molar-refractivity contribution is 5.79. The van der Waals surface area contributed by atoms with E-state index in [0.29, 0.717) is 13.1 Å². The highest BCUT2D eigenvalue weighted by atomic mass is 16.6. The third-order valence-corrected chi connectivity index (χ3v) is 4.57. The molecule has 2 fully saturated rings. The molecule has 2 amide bonds. The van der Waals surface area contributed by atoms with E-state index in [1.807, 2.05) is 20.8 Å². The third-order valence-electron chi connectivity index (χ3n) is 4.57. The SMILES string of the molecule is CC(C)(C)OC(=O)N1CC[C@@H](NC(=O)C2CCCC(N)CC2)C1. The number of likely N-dealkylation sites (tertiary alicyclic amines) is 1. The van der Waals surface area contributed by atoms with Crippen molar-refractivity contribution in [1.29, 1.82) is 0 Å². The lowest BCUT2D eigenvalue weighted by atomic mass is 9.99. The lowest BCUT2D eigenvalue weighted by Crippen LogP contribution is -2.42. The molecule has 6 nitrogen and oxygen atoms in total. The molecule has 132 valence electrons. The van der Waals surface area contributed by atoms with Gasteiger partial charge in [-0.2, -0.15) is 0 Å². The van der Waals surface area contributed by atoms with Crippen molar-refractivity contribution in [2.45, 2.75) is 77.0 Å². The molecule has 23 heavy (non-hydrogen) atoms. The lowest BCUT2D eigenvalue weighted by molar-refractivity contribution is -0.126. The van der Waals surface area contributed by atoms with E-state index in [4.69, 9.17) is 10.5 Å². The molecule has 1 aliphatic carbocycles.